The topological polar surface area (TPSA) is 75.7 Å². The van der Waals surface area contributed by atoms with Gasteiger partial charge in [-0.15, -0.1) is 0 Å². The highest BCUT2D eigenvalue weighted by atomic mass is 16.5. The lowest BCUT2D eigenvalue weighted by atomic mass is 10.1. The van der Waals surface area contributed by atoms with Gasteiger partial charge in [0, 0.05) is 18.7 Å². The predicted molar refractivity (Wildman–Crippen MR) is 86.0 cm³/mol. The first-order chi connectivity index (χ1) is 10.9. The minimum absolute atomic E-state index is 0.0791. The van der Waals surface area contributed by atoms with Crippen molar-refractivity contribution in [3.63, 3.8) is 0 Å². The van der Waals surface area contributed by atoms with Crippen molar-refractivity contribution in [3.8, 4) is 0 Å². The van der Waals surface area contributed by atoms with E-state index in [4.69, 9.17) is 4.74 Å². The molecule has 1 aliphatic rings. The molecule has 0 aliphatic carbocycles. The summed E-state index contributed by atoms with van der Waals surface area (Å²) in [5.41, 5.74) is 3.06. The molecule has 124 valence electrons. The van der Waals surface area contributed by atoms with Gasteiger partial charge in [-0.25, -0.2) is 0 Å². The van der Waals surface area contributed by atoms with E-state index in [0.29, 0.717) is 6.54 Å². The number of aryl methyl sites for hydroxylation is 2. The van der Waals surface area contributed by atoms with Crippen molar-refractivity contribution in [1.29, 1.82) is 0 Å². The number of hydrogen-bond acceptors (Lipinski definition) is 4. The van der Waals surface area contributed by atoms with Crippen LogP contribution in [0.2, 0.25) is 0 Å². The van der Waals surface area contributed by atoms with Crippen LogP contribution in [0.15, 0.2) is 18.2 Å². The molecule has 1 fully saturated rings. The molecule has 0 radical (unpaired) electrons. The number of carbonyl (C=O) groups excluding carboxylic acids is 3. The quantitative estimate of drug-likeness (QED) is 0.831. The van der Waals surface area contributed by atoms with Crippen molar-refractivity contribution < 1.29 is 19.1 Å². The summed E-state index contributed by atoms with van der Waals surface area (Å²) >= 11 is 0. The van der Waals surface area contributed by atoms with E-state index in [2.05, 4.69) is 5.32 Å². The Morgan fingerprint density at radius 1 is 1.30 bits per heavy atom. The molecular formula is C17H22N2O4. The molecule has 1 aromatic carbocycles. The van der Waals surface area contributed by atoms with Crippen LogP contribution >= 0.6 is 0 Å². The van der Waals surface area contributed by atoms with E-state index in [-0.39, 0.29) is 31.4 Å². The largest absolute Gasteiger partial charge is 0.465 e. The van der Waals surface area contributed by atoms with E-state index in [1.807, 2.05) is 32.0 Å². The highest BCUT2D eigenvalue weighted by Crippen LogP contribution is 2.26. The number of esters is 1. The van der Waals surface area contributed by atoms with Crippen LogP contribution in [-0.4, -0.2) is 37.5 Å². The second-order valence-corrected chi connectivity index (χ2v) is 5.70. The van der Waals surface area contributed by atoms with Crippen LogP contribution in [0.4, 0.5) is 5.69 Å². The molecule has 0 unspecified atom stereocenters. The summed E-state index contributed by atoms with van der Waals surface area (Å²) < 4.78 is 4.76. The Hall–Kier alpha value is -2.37. The van der Waals surface area contributed by atoms with E-state index in [1.54, 1.807) is 11.8 Å². The summed E-state index contributed by atoms with van der Waals surface area (Å²) in [6.45, 7) is 6.14. The normalized spacial score (nSPS) is 17.3. The van der Waals surface area contributed by atoms with Crippen LogP contribution in [-0.2, 0) is 19.1 Å². The summed E-state index contributed by atoms with van der Waals surface area (Å²) in [5, 5.41) is 2.53. The average Bonchev–Trinajstić information content (AvgIpc) is 2.90. The molecule has 0 bridgehead atoms. The number of rotatable bonds is 5. The zero-order chi connectivity index (χ0) is 17.0. The molecule has 1 atom stereocenters. The van der Waals surface area contributed by atoms with Gasteiger partial charge in [0.25, 0.3) is 0 Å². The number of nitrogens with one attached hydrogen (secondary N) is 1. The molecule has 2 amide bonds. The summed E-state index contributed by atoms with van der Waals surface area (Å²) in [7, 11) is 0. The number of carbonyl (C=O) groups is 3. The summed E-state index contributed by atoms with van der Waals surface area (Å²) in [4.78, 5) is 37.2. The Kier molecular flexibility index (Phi) is 5.36. The zero-order valence-electron chi connectivity index (χ0n) is 13.7. The number of hydrogen-bond donors (Lipinski definition) is 1. The van der Waals surface area contributed by atoms with E-state index in [0.717, 1.165) is 16.8 Å². The first-order valence-corrected chi connectivity index (χ1v) is 7.73. The van der Waals surface area contributed by atoms with E-state index >= 15 is 0 Å². The number of nitrogens with zero attached hydrogens (tertiary/aromatic N) is 1. The van der Waals surface area contributed by atoms with Gasteiger partial charge in [0.05, 0.1) is 12.5 Å². The summed E-state index contributed by atoms with van der Waals surface area (Å²) in [6, 6.07) is 5.80. The number of ether oxygens (including phenoxy) is 1. The van der Waals surface area contributed by atoms with Crippen molar-refractivity contribution >= 4 is 23.5 Å². The van der Waals surface area contributed by atoms with Crippen molar-refractivity contribution in [3.05, 3.63) is 29.3 Å². The monoisotopic (exact) mass is 318 g/mol. The lowest BCUT2D eigenvalue weighted by Gasteiger charge is -2.18. The van der Waals surface area contributed by atoms with Crippen LogP contribution in [0.5, 0.6) is 0 Å². The second-order valence-electron chi connectivity index (χ2n) is 5.70. The minimum Gasteiger partial charge on any atom is -0.465 e. The third-order valence-corrected chi connectivity index (χ3v) is 4.01. The van der Waals surface area contributed by atoms with Gasteiger partial charge in [-0.2, -0.15) is 0 Å². The van der Waals surface area contributed by atoms with Crippen LogP contribution in [0, 0.1) is 19.8 Å². The van der Waals surface area contributed by atoms with Gasteiger partial charge in [0.2, 0.25) is 11.8 Å². The van der Waals surface area contributed by atoms with Gasteiger partial charge < -0.3 is 15.0 Å². The fourth-order valence-corrected chi connectivity index (χ4v) is 2.54. The number of amides is 2. The third-order valence-electron chi connectivity index (χ3n) is 4.01. The van der Waals surface area contributed by atoms with E-state index in [9.17, 15) is 14.4 Å². The standard InChI is InChI=1S/C17H22N2O4/c1-4-23-16(21)9-18-17(22)13-8-15(20)19(10-13)14-6-5-11(2)12(3)7-14/h5-7,13H,4,8-10H2,1-3H3,(H,18,22)/t13-/m1/s1. The maximum Gasteiger partial charge on any atom is 0.325 e. The molecule has 0 spiro atoms. The lowest BCUT2D eigenvalue weighted by Crippen LogP contribution is -2.36. The SMILES string of the molecule is CCOC(=O)CNC(=O)[C@@H]1CC(=O)N(c2ccc(C)c(C)c2)C1. The highest BCUT2D eigenvalue weighted by molar-refractivity contribution is 6.00. The molecule has 23 heavy (non-hydrogen) atoms. The molecule has 1 heterocycles. The molecule has 1 aliphatic heterocycles. The van der Waals surface area contributed by atoms with Gasteiger partial charge in [-0.3, -0.25) is 14.4 Å². The Morgan fingerprint density at radius 3 is 2.70 bits per heavy atom. The van der Waals surface area contributed by atoms with Crippen molar-refractivity contribution in [2.45, 2.75) is 27.2 Å². The summed E-state index contributed by atoms with van der Waals surface area (Å²) in [5.74, 6) is -1.29. The Labute approximate surface area is 135 Å². The van der Waals surface area contributed by atoms with Crippen LogP contribution in [0.25, 0.3) is 0 Å². The van der Waals surface area contributed by atoms with Gasteiger partial charge >= 0.3 is 5.97 Å². The maximum atomic E-state index is 12.2. The first-order valence-electron chi connectivity index (χ1n) is 7.73. The Bertz CT molecular complexity index is 627. The van der Waals surface area contributed by atoms with Crippen LogP contribution in [0.3, 0.4) is 0 Å². The predicted octanol–water partition coefficient (Wildman–Crippen LogP) is 1.34. The van der Waals surface area contributed by atoms with Gasteiger partial charge in [-0.05, 0) is 44.0 Å². The minimum atomic E-state index is -0.476. The summed E-state index contributed by atoms with van der Waals surface area (Å²) in [6.07, 6.45) is 0.154. The second kappa shape index (κ2) is 7.26. The van der Waals surface area contributed by atoms with E-state index in [1.165, 1.54) is 0 Å². The third kappa shape index (κ3) is 4.09. The van der Waals surface area contributed by atoms with E-state index < -0.39 is 11.9 Å². The molecule has 6 heteroatoms. The molecule has 0 saturated carbocycles. The smallest absolute Gasteiger partial charge is 0.325 e. The molecule has 2 rings (SSSR count). The number of benzene rings is 1. The molecule has 1 saturated heterocycles. The zero-order valence-corrected chi connectivity index (χ0v) is 13.7. The van der Waals surface area contributed by atoms with Gasteiger partial charge in [0.15, 0.2) is 0 Å². The molecule has 0 aromatic heterocycles. The Morgan fingerprint density at radius 2 is 2.04 bits per heavy atom. The van der Waals surface area contributed by atoms with Gasteiger partial charge in [0.1, 0.15) is 6.54 Å². The average molecular weight is 318 g/mol. The fourth-order valence-electron chi connectivity index (χ4n) is 2.54. The molecular weight excluding hydrogens is 296 g/mol. The lowest BCUT2D eigenvalue weighted by molar-refractivity contribution is -0.143. The maximum absolute atomic E-state index is 12.2. The highest BCUT2D eigenvalue weighted by Gasteiger charge is 2.35. The van der Waals surface area contributed by atoms with Crippen molar-refractivity contribution in [1.82, 2.24) is 5.32 Å². The van der Waals surface area contributed by atoms with Crippen LogP contribution in [0.1, 0.15) is 24.5 Å². The van der Waals surface area contributed by atoms with Gasteiger partial charge in [-0.1, -0.05) is 6.07 Å². The molecule has 1 N–H and O–H groups in total. The first kappa shape index (κ1) is 17.0. The van der Waals surface area contributed by atoms with Crippen molar-refractivity contribution in [2.75, 3.05) is 24.6 Å². The Balaban J connectivity index is 1.97. The fraction of sp³-hybridized carbons (Fsp3) is 0.471. The molecule has 1 aromatic rings. The van der Waals surface area contributed by atoms with Crippen LogP contribution < -0.4 is 10.2 Å². The number of anilines is 1. The van der Waals surface area contributed by atoms with Crippen molar-refractivity contribution in [2.24, 2.45) is 5.92 Å². The molecule has 6 nitrogen and oxygen atoms in total.